The molecule has 0 aromatic heterocycles. The Labute approximate surface area is 131 Å². The van der Waals surface area contributed by atoms with Crippen molar-refractivity contribution in [3.63, 3.8) is 0 Å². The van der Waals surface area contributed by atoms with Crippen molar-refractivity contribution in [2.24, 2.45) is 0 Å². The van der Waals surface area contributed by atoms with E-state index in [1.807, 2.05) is 0 Å². The second-order valence-electron chi connectivity index (χ2n) is 5.35. The van der Waals surface area contributed by atoms with Gasteiger partial charge in [0, 0.05) is 19.3 Å². The summed E-state index contributed by atoms with van der Waals surface area (Å²) in [6.07, 6.45) is 17.6. The van der Waals surface area contributed by atoms with Crippen LogP contribution in [0.1, 0.15) is 84.0 Å². The molecule has 0 rings (SSSR count). The lowest BCUT2D eigenvalue weighted by Crippen LogP contribution is -1.98. The molecule has 0 bridgehead atoms. The van der Waals surface area contributed by atoms with E-state index in [0.717, 1.165) is 44.9 Å². The second-order valence-corrected chi connectivity index (χ2v) is 5.35. The quantitative estimate of drug-likeness (QED) is 0.208. The Bertz CT molecular complexity index is 320. The van der Waals surface area contributed by atoms with Crippen LogP contribution in [0.5, 0.6) is 0 Å². The van der Waals surface area contributed by atoms with Gasteiger partial charge in [0.2, 0.25) is 0 Å². The SMILES string of the molecule is CCCCC/C=C\CCC#CCCCCCCC(=O)OC. The highest BCUT2D eigenvalue weighted by molar-refractivity contribution is 5.68. The molecule has 0 aromatic carbocycles. The molecule has 0 aliphatic carbocycles. The van der Waals surface area contributed by atoms with Gasteiger partial charge in [0.25, 0.3) is 0 Å². The second kappa shape index (κ2) is 16.8. The number of carbonyl (C=O) groups is 1. The molecule has 2 nitrogen and oxygen atoms in total. The number of rotatable bonds is 12. The van der Waals surface area contributed by atoms with E-state index in [9.17, 15) is 4.79 Å². The highest BCUT2D eigenvalue weighted by Gasteiger charge is 1.98. The van der Waals surface area contributed by atoms with Gasteiger partial charge >= 0.3 is 5.97 Å². The molecule has 0 heterocycles. The minimum absolute atomic E-state index is 0.0995. The van der Waals surface area contributed by atoms with E-state index in [1.54, 1.807) is 0 Å². The summed E-state index contributed by atoms with van der Waals surface area (Å²) in [7, 11) is 1.44. The molecular weight excluding hydrogens is 260 g/mol. The van der Waals surface area contributed by atoms with E-state index >= 15 is 0 Å². The third kappa shape index (κ3) is 16.7. The molecule has 0 aromatic rings. The molecule has 21 heavy (non-hydrogen) atoms. The summed E-state index contributed by atoms with van der Waals surface area (Å²) in [5.41, 5.74) is 0. The van der Waals surface area contributed by atoms with Crippen molar-refractivity contribution in [1.29, 1.82) is 0 Å². The van der Waals surface area contributed by atoms with Gasteiger partial charge in [0.1, 0.15) is 0 Å². The summed E-state index contributed by atoms with van der Waals surface area (Å²) in [4.78, 5) is 10.9. The van der Waals surface area contributed by atoms with Crippen LogP contribution in [0, 0.1) is 11.8 Å². The molecule has 0 spiro atoms. The van der Waals surface area contributed by atoms with E-state index in [2.05, 4.69) is 35.7 Å². The number of ether oxygens (including phenoxy) is 1. The van der Waals surface area contributed by atoms with Crippen LogP contribution in [0.2, 0.25) is 0 Å². The first-order valence-corrected chi connectivity index (χ1v) is 8.48. The van der Waals surface area contributed by atoms with Crippen LogP contribution in [0.15, 0.2) is 12.2 Å². The molecule has 0 radical (unpaired) electrons. The largest absolute Gasteiger partial charge is 0.469 e. The number of esters is 1. The average Bonchev–Trinajstić information content (AvgIpc) is 2.50. The van der Waals surface area contributed by atoms with Crippen molar-refractivity contribution in [1.82, 2.24) is 0 Å². The first-order chi connectivity index (χ1) is 10.3. The predicted octanol–water partition coefficient (Wildman–Crippen LogP) is 5.42. The van der Waals surface area contributed by atoms with Gasteiger partial charge in [-0.1, -0.05) is 44.8 Å². The Morgan fingerprint density at radius 2 is 1.62 bits per heavy atom. The molecule has 0 N–H and O–H groups in total. The maximum atomic E-state index is 10.9. The minimum atomic E-state index is -0.0995. The summed E-state index contributed by atoms with van der Waals surface area (Å²) in [6, 6.07) is 0. The lowest BCUT2D eigenvalue weighted by atomic mass is 10.1. The lowest BCUT2D eigenvalue weighted by Gasteiger charge is -1.98. The zero-order chi connectivity index (χ0) is 15.6. The summed E-state index contributed by atoms with van der Waals surface area (Å²) in [6.45, 7) is 2.23. The van der Waals surface area contributed by atoms with Crippen molar-refractivity contribution < 1.29 is 9.53 Å². The summed E-state index contributed by atoms with van der Waals surface area (Å²) >= 11 is 0. The van der Waals surface area contributed by atoms with E-state index < -0.39 is 0 Å². The highest BCUT2D eigenvalue weighted by atomic mass is 16.5. The normalized spacial score (nSPS) is 10.4. The third-order valence-corrected chi connectivity index (χ3v) is 3.36. The highest BCUT2D eigenvalue weighted by Crippen LogP contribution is 2.05. The minimum Gasteiger partial charge on any atom is -0.469 e. The monoisotopic (exact) mass is 292 g/mol. The summed E-state index contributed by atoms with van der Waals surface area (Å²) in [5, 5.41) is 0. The number of allylic oxidation sites excluding steroid dienone is 2. The molecule has 0 atom stereocenters. The Balaban J connectivity index is 3.25. The first kappa shape index (κ1) is 19.8. The van der Waals surface area contributed by atoms with E-state index in [-0.39, 0.29) is 5.97 Å². The number of methoxy groups -OCH3 is 1. The van der Waals surface area contributed by atoms with Crippen LogP contribution in [-0.2, 0) is 9.53 Å². The molecule has 0 saturated heterocycles. The fraction of sp³-hybridized carbons (Fsp3) is 0.737. The van der Waals surface area contributed by atoms with Crippen molar-refractivity contribution in [3.8, 4) is 11.8 Å². The molecule has 0 fully saturated rings. The maximum absolute atomic E-state index is 10.9. The van der Waals surface area contributed by atoms with Gasteiger partial charge in [-0.3, -0.25) is 4.79 Å². The van der Waals surface area contributed by atoms with Gasteiger partial charge in [-0.05, 0) is 32.1 Å². The molecule has 0 aliphatic rings. The Kier molecular flexibility index (Phi) is 15.8. The zero-order valence-corrected chi connectivity index (χ0v) is 14.0. The number of hydrogen-bond donors (Lipinski definition) is 0. The van der Waals surface area contributed by atoms with E-state index in [1.165, 1.54) is 32.8 Å². The Morgan fingerprint density at radius 1 is 0.905 bits per heavy atom. The van der Waals surface area contributed by atoms with Crippen LogP contribution in [0.25, 0.3) is 0 Å². The van der Waals surface area contributed by atoms with Gasteiger partial charge in [0.05, 0.1) is 7.11 Å². The Morgan fingerprint density at radius 3 is 2.38 bits per heavy atom. The smallest absolute Gasteiger partial charge is 0.305 e. The molecule has 0 amide bonds. The molecule has 2 heteroatoms. The van der Waals surface area contributed by atoms with Gasteiger partial charge in [-0.2, -0.15) is 0 Å². The molecule has 120 valence electrons. The van der Waals surface area contributed by atoms with Crippen LogP contribution >= 0.6 is 0 Å². The Hall–Kier alpha value is -1.23. The lowest BCUT2D eigenvalue weighted by molar-refractivity contribution is -0.140. The summed E-state index contributed by atoms with van der Waals surface area (Å²) in [5.74, 6) is 6.36. The third-order valence-electron chi connectivity index (χ3n) is 3.36. The number of carbonyl (C=O) groups excluding carboxylic acids is 1. The predicted molar refractivity (Wildman–Crippen MR) is 90.0 cm³/mol. The maximum Gasteiger partial charge on any atom is 0.305 e. The topological polar surface area (TPSA) is 26.3 Å². The van der Waals surface area contributed by atoms with E-state index in [0.29, 0.717) is 6.42 Å². The zero-order valence-electron chi connectivity index (χ0n) is 14.0. The number of unbranched alkanes of at least 4 members (excludes halogenated alkanes) is 8. The van der Waals surface area contributed by atoms with Crippen LogP contribution in [0.3, 0.4) is 0 Å². The van der Waals surface area contributed by atoms with Gasteiger partial charge in [0.15, 0.2) is 0 Å². The van der Waals surface area contributed by atoms with Crippen LogP contribution in [-0.4, -0.2) is 13.1 Å². The molecular formula is C19H32O2. The number of hydrogen-bond acceptors (Lipinski definition) is 2. The molecule has 0 saturated carbocycles. The van der Waals surface area contributed by atoms with E-state index in [4.69, 9.17) is 0 Å². The van der Waals surface area contributed by atoms with Crippen molar-refractivity contribution in [3.05, 3.63) is 12.2 Å². The molecule has 0 unspecified atom stereocenters. The first-order valence-electron chi connectivity index (χ1n) is 8.48. The van der Waals surface area contributed by atoms with Crippen molar-refractivity contribution in [2.45, 2.75) is 84.0 Å². The van der Waals surface area contributed by atoms with Gasteiger partial charge in [-0.15, -0.1) is 11.8 Å². The van der Waals surface area contributed by atoms with Gasteiger partial charge in [-0.25, -0.2) is 0 Å². The standard InChI is InChI=1S/C19H32O2/c1-3-4-5-6-7-8-9-10-11-12-13-14-15-16-17-18-19(20)21-2/h7-8H,3-6,9-10,13-18H2,1-2H3/b8-7-. The van der Waals surface area contributed by atoms with Gasteiger partial charge < -0.3 is 4.74 Å². The molecule has 0 aliphatic heterocycles. The van der Waals surface area contributed by atoms with Crippen LogP contribution in [0.4, 0.5) is 0 Å². The summed E-state index contributed by atoms with van der Waals surface area (Å²) < 4.78 is 4.60. The van der Waals surface area contributed by atoms with Crippen LogP contribution < -0.4 is 0 Å². The average molecular weight is 292 g/mol. The van der Waals surface area contributed by atoms with Crippen molar-refractivity contribution >= 4 is 5.97 Å². The van der Waals surface area contributed by atoms with Crippen molar-refractivity contribution in [2.75, 3.05) is 7.11 Å². The fourth-order valence-corrected chi connectivity index (χ4v) is 2.02. The fourth-order valence-electron chi connectivity index (χ4n) is 2.02.